The smallest absolute Gasteiger partial charge is 0.256 e. The number of amides is 1. The summed E-state index contributed by atoms with van der Waals surface area (Å²) in [7, 11) is 2.06. The number of aromatic nitrogens is 4. The first kappa shape index (κ1) is 17.4. The van der Waals surface area contributed by atoms with Gasteiger partial charge in [-0.1, -0.05) is 12.1 Å². The molecule has 1 unspecified atom stereocenters. The van der Waals surface area contributed by atoms with E-state index in [1.165, 1.54) is 0 Å². The Labute approximate surface area is 158 Å². The summed E-state index contributed by atoms with van der Waals surface area (Å²) in [5.74, 6) is 0.849. The Bertz CT molecular complexity index is 896. The van der Waals surface area contributed by atoms with Crippen LogP contribution in [0.1, 0.15) is 22.6 Å². The zero-order chi connectivity index (χ0) is 18.6. The van der Waals surface area contributed by atoms with E-state index >= 15 is 0 Å². The van der Waals surface area contributed by atoms with Gasteiger partial charge in [0.05, 0.1) is 17.8 Å². The fraction of sp³-hybridized carbons (Fsp3) is 0.300. The van der Waals surface area contributed by atoms with Gasteiger partial charge < -0.3 is 4.90 Å². The Morgan fingerprint density at radius 1 is 1.15 bits per heavy atom. The van der Waals surface area contributed by atoms with Crippen molar-refractivity contribution in [1.82, 2.24) is 29.5 Å². The molecule has 1 saturated heterocycles. The SMILES string of the molecule is CN(Cc1ncccn1)C1CCN(C(=O)c2ccccc2-n2cccn2)C1. The molecule has 1 aliphatic heterocycles. The molecule has 7 heteroatoms. The van der Waals surface area contributed by atoms with Gasteiger partial charge in [-0.3, -0.25) is 9.69 Å². The maximum atomic E-state index is 13.1. The number of likely N-dealkylation sites (tertiary alicyclic amines) is 1. The first-order chi connectivity index (χ1) is 13.2. The Kier molecular flexibility index (Phi) is 4.93. The summed E-state index contributed by atoms with van der Waals surface area (Å²) in [6.45, 7) is 2.13. The van der Waals surface area contributed by atoms with E-state index in [0.29, 0.717) is 24.7 Å². The summed E-state index contributed by atoms with van der Waals surface area (Å²) >= 11 is 0. The zero-order valence-electron chi connectivity index (χ0n) is 15.3. The molecule has 0 aliphatic carbocycles. The molecule has 1 atom stereocenters. The largest absolute Gasteiger partial charge is 0.337 e. The van der Waals surface area contributed by atoms with Gasteiger partial charge in [0.25, 0.3) is 5.91 Å². The minimum atomic E-state index is 0.0490. The van der Waals surface area contributed by atoms with Gasteiger partial charge in [-0.05, 0) is 37.7 Å². The van der Waals surface area contributed by atoms with Crippen LogP contribution in [0.15, 0.2) is 61.2 Å². The second-order valence-electron chi connectivity index (χ2n) is 6.74. The van der Waals surface area contributed by atoms with Crippen molar-refractivity contribution in [2.24, 2.45) is 0 Å². The number of nitrogens with zero attached hydrogens (tertiary/aromatic N) is 6. The number of carbonyl (C=O) groups excluding carboxylic acids is 1. The third-order valence-corrected chi connectivity index (χ3v) is 4.97. The van der Waals surface area contributed by atoms with Crippen molar-refractivity contribution in [2.45, 2.75) is 19.0 Å². The van der Waals surface area contributed by atoms with Gasteiger partial charge in [-0.15, -0.1) is 0 Å². The van der Waals surface area contributed by atoms with E-state index < -0.39 is 0 Å². The lowest BCUT2D eigenvalue weighted by molar-refractivity contribution is 0.0779. The molecule has 0 bridgehead atoms. The lowest BCUT2D eigenvalue weighted by atomic mass is 10.1. The van der Waals surface area contributed by atoms with E-state index in [1.807, 2.05) is 47.5 Å². The van der Waals surface area contributed by atoms with E-state index in [2.05, 4.69) is 27.0 Å². The Morgan fingerprint density at radius 2 is 1.96 bits per heavy atom. The second-order valence-corrected chi connectivity index (χ2v) is 6.74. The van der Waals surface area contributed by atoms with Crippen molar-refractivity contribution in [3.8, 4) is 5.69 Å². The fourth-order valence-electron chi connectivity index (χ4n) is 3.49. The van der Waals surface area contributed by atoms with Crippen LogP contribution in [0.4, 0.5) is 0 Å². The number of hydrogen-bond acceptors (Lipinski definition) is 5. The summed E-state index contributed by atoms with van der Waals surface area (Å²) in [5, 5.41) is 4.27. The van der Waals surface area contributed by atoms with Crippen molar-refractivity contribution in [1.29, 1.82) is 0 Å². The van der Waals surface area contributed by atoms with Gasteiger partial charge in [0.2, 0.25) is 0 Å². The maximum Gasteiger partial charge on any atom is 0.256 e. The Hall–Kier alpha value is -3.06. The molecule has 3 heterocycles. The summed E-state index contributed by atoms with van der Waals surface area (Å²) in [6.07, 6.45) is 8.03. The molecular weight excluding hydrogens is 340 g/mol. The number of likely N-dealkylation sites (N-methyl/N-ethyl adjacent to an activating group) is 1. The lowest BCUT2D eigenvalue weighted by Crippen LogP contribution is -2.36. The molecule has 2 aromatic heterocycles. The predicted octanol–water partition coefficient (Wildman–Crippen LogP) is 2.01. The number of para-hydroxylation sites is 1. The lowest BCUT2D eigenvalue weighted by Gasteiger charge is -2.24. The van der Waals surface area contributed by atoms with Gasteiger partial charge >= 0.3 is 0 Å². The van der Waals surface area contributed by atoms with E-state index in [1.54, 1.807) is 23.3 Å². The monoisotopic (exact) mass is 362 g/mol. The van der Waals surface area contributed by atoms with Crippen LogP contribution < -0.4 is 0 Å². The number of benzene rings is 1. The molecule has 1 aliphatic rings. The Balaban J connectivity index is 1.46. The average molecular weight is 362 g/mol. The van der Waals surface area contributed by atoms with Crippen LogP contribution in [0.25, 0.3) is 5.69 Å². The molecule has 1 fully saturated rings. The number of rotatable bonds is 5. The van der Waals surface area contributed by atoms with Crippen LogP contribution in [0.5, 0.6) is 0 Å². The van der Waals surface area contributed by atoms with Crippen LogP contribution in [0.2, 0.25) is 0 Å². The third kappa shape index (κ3) is 3.73. The highest BCUT2D eigenvalue weighted by atomic mass is 16.2. The minimum absolute atomic E-state index is 0.0490. The molecule has 7 nitrogen and oxygen atoms in total. The number of carbonyl (C=O) groups is 1. The van der Waals surface area contributed by atoms with Crippen LogP contribution in [0, 0.1) is 0 Å². The average Bonchev–Trinajstić information content (AvgIpc) is 3.40. The topological polar surface area (TPSA) is 67.2 Å². The van der Waals surface area contributed by atoms with Gasteiger partial charge in [0, 0.05) is 43.9 Å². The minimum Gasteiger partial charge on any atom is -0.337 e. The third-order valence-electron chi connectivity index (χ3n) is 4.97. The van der Waals surface area contributed by atoms with Crippen molar-refractivity contribution in [2.75, 3.05) is 20.1 Å². The molecule has 0 radical (unpaired) electrons. The first-order valence-electron chi connectivity index (χ1n) is 9.07. The van der Waals surface area contributed by atoms with E-state index in [9.17, 15) is 4.79 Å². The highest BCUT2D eigenvalue weighted by Gasteiger charge is 2.30. The fourth-order valence-corrected chi connectivity index (χ4v) is 3.49. The quantitative estimate of drug-likeness (QED) is 0.695. The van der Waals surface area contributed by atoms with Gasteiger partial charge in [-0.2, -0.15) is 5.10 Å². The summed E-state index contributed by atoms with van der Waals surface area (Å²) in [4.78, 5) is 25.9. The van der Waals surface area contributed by atoms with Gasteiger partial charge in [0.15, 0.2) is 0 Å². The molecule has 138 valence electrons. The van der Waals surface area contributed by atoms with Crippen LogP contribution in [-0.2, 0) is 6.54 Å². The van der Waals surface area contributed by atoms with E-state index in [0.717, 1.165) is 24.5 Å². The molecule has 0 N–H and O–H groups in total. The predicted molar refractivity (Wildman–Crippen MR) is 101 cm³/mol. The number of hydrogen-bond donors (Lipinski definition) is 0. The maximum absolute atomic E-state index is 13.1. The molecule has 3 aromatic rings. The van der Waals surface area contributed by atoms with Crippen LogP contribution in [-0.4, -0.2) is 61.6 Å². The first-order valence-corrected chi connectivity index (χ1v) is 9.07. The molecular formula is C20H22N6O. The molecule has 1 aromatic carbocycles. The summed E-state index contributed by atoms with van der Waals surface area (Å²) < 4.78 is 1.74. The Morgan fingerprint density at radius 3 is 2.74 bits per heavy atom. The van der Waals surface area contributed by atoms with Crippen molar-refractivity contribution < 1.29 is 4.79 Å². The van der Waals surface area contributed by atoms with E-state index in [4.69, 9.17) is 0 Å². The second kappa shape index (κ2) is 7.67. The standard InChI is InChI=1S/C20H22N6O/c1-24(15-19-21-9-4-10-22-19)16-8-13-25(14-16)20(27)17-6-2-3-7-18(17)26-12-5-11-23-26/h2-7,9-12,16H,8,13-15H2,1H3. The molecule has 0 saturated carbocycles. The van der Waals surface area contributed by atoms with Gasteiger partial charge in [0.1, 0.15) is 5.82 Å². The van der Waals surface area contributed by atoms with Crippen molar-refractivity contribution in [3.63, 3.8) is 0 Å². The zero-order valence-corrected chi connectivity index (χ0v) is 15.3. The van der Waals surface area contributed by atoms with Crippen LogP contribution in [0.3, 0.4) is 0 Å². The molecule has 1 amide bonds. The normalized spacial score (nSPS) is 16.8. The highest BCUT2D eigenvalue weighted by molar-refractivity contribution is 5.98. The summed E-state index contributed by atoms with van der Waals surface area (Å²) in [6, 6.07) is 11.6. The van der Waals surface area contributed by atoms with Crippen molar-refractivity contribution >= 4 is 5.91 Å². The van der Waals surface area contributed by atoms with Gasteiger partial charge in [-0.25, -0.2) is 14.6 Å². The molecule has 4 rings (SSSR count). The van der Waals surface area contributed by atoms with Crippen LogP contribution >= 0.6 is 0 Å². The van der Waals surface area contributed by atoms with Crippen molar-refractivity contribution in [3.05, 3.63) is 72.6 Å². The van der Waals surface area contributed by atoms with E-state index in [-0.39, 0.29) is 5.91 Å². The molecule has 27 heavy (non-hydrogen) atoms. The molecule has 0 spiro atoms. The summed E-state index contributed by atoms with van der Waals surface area (Å²) in [5.41, 5.74) is 1.48. The highest BCUT2D eigenvalue weighted by Crippen LogP contribution is 2.21.